The molecule has 2 aromatic carbocycles. The summed E-state index contributed by atoms with van der Waals surface area (Å²) in [6.45, 7) is 0.774. The quantitative estimate of drug-likeness (QED) is 0.498. The Morgan fingerprint density at radius 2 is 1.79 bits per heavy atom. The second-order valence-corrected chi connectivity index (χ2v) is 9.65. The summed E-state index contributed by atoms with van der Waals surface area (Å²) < 4.78 is 5.31. The van der Waals surface area contributed by atoms with E-state index in [0.717, 1.165) is 36.4 Å². The zero-order valence-corrected chi connectivity index (χ0v) is 19.5. The largest absolute Gasteiger partial charge is 0.497 e. The smallest absolute Gasteiger partial charge is 0.228 e. The van der Waals surface area contributed by atoms with E-state index >= 15 is 0 Å². The van der Waals surface area contributed by atoms with Gasteiger partial charge in [-0.3, -0.25) is 9.59 Å². The molecule has 1 aromatic heterocycles. The second-order valence-electron chi connectivity index (χ2n) is 8.67. The summed E-state index contributed by atoms with van der Waals surface area (Å²) in [4.78, 5) is 32.4. The first kappa shape index (κ1) is 21.7. The van der Waals surface area contributed by atoms with Crippen LogP contribution >= 0.6 is 11.3 Å². The third-order valence-corrected chi connectivity index (χ3v) is 7.79. The molecule has 0 saturated carbocycles. The van der Waals surface area contributed by atoms with Gasteiger partial charge in [-0.2, -0.15) is 0 Å². The molecule has 6 heteroatoms. The van der Waals surface area contributed by atoms with Crippen molar-refractivity contribution in [2.24, 2.45) is 5.92 Å². The molecule has 5 nitrogen and oxygen atoms in total. The van der Waals surface area contributed by atoms with Crippen molar-refractivity contribution in [3.63, 3.8) is 0 Å². The lowest BCUT2D eigenvalue weighted by Gasteiger charge is -2.42. The molecule has 0 spiro atoms. The molecule has 170 valence electrons. The molecule has 2 aliphatic heterocycles. The van der Waals surface area contributed by atoms with Gasteiger partial charge in [0.2, 0.25) is 11.8 Å². The van der Waals surface area contributed by atoms with Crippen molar-refractivity contribution in [3.05, 3.63) is 82.6 Å². The highest BCUT2D eigenvalue weighted by atomic mass is 32.1. The van der Waals surface area contributed by atoms with E-state index in [2.05, 4.69) is 22.4 Å². The van der Waals surface area contributed by atoms with Crippen molar-refractivity contribution in [3.8, 4) is 5.75 Å². The van der Waals surface area contributed by atoms with E-state index in [9.17, 15) is 9.59 Å². The second kappa shape index (κ2) is 9.40. The molecule has 2 saturated heterocycles. The summed E-state index contributed by atoms with van der Waals surface area (Å²) in [5.41, 5.74) is 1.79. The van der Waals surface area contributed by atoms with Crippen LogP contribution in [0.3, 0.4) is 0 Å². The first-order valence-corrected chi connectivity index (χ1v) is 12.4. The maximum atomic E-state index is 14.0. The number of carbonyl (C=O) groups excluding carboxylic acids is 2. The lowest BCUT2D eigenvalue weighted by molar-refractivity contribution is -0.139. The molecule has 3 unspecified atom stereocenters. The van der Waals surface area contributed by atoms with E-state index in [4.69, 9.17) is 4.74 Å². The Bertz CT molecular complexity index is 1100. The van der Waals surface area contributed by atoms with Crippen LogP contribution in [0.5, 0.6) is 5.75 Å². The number of piperidine rings is 1. The summed E-state index contributed by atoms with van der Waals surface area (Å²) >= 11 is 1.72. The van der Waals surface area contributed by atoms with Crippen LogP contribution in [0.25, 0.3) is 0 Å². The Labute approximate surface area is 198 Å². The van der Waals surface area contributed by atoms with Crippen LogP contribution in [0.1, 0.15) is 48.2 Å². The molecule has 0 radical (unpaired) electrons. The lowest BCUT2D eigenvalue weighted by atomic mass is 9.82. The topological polar surface area (TPSA) is 49.9 Å². The minimum atomic E-state index is -0.335. The fourth-order valence-corrected chi connectivity index (χ4v) is 6.12. The average molecular weight is 461 g/mol. The molecule has 0 aliphatic carbocycles. The van der Waals surface area contributed by atoms with Crippen molar-refractivity contribution >= 4 is 28.8 Å². The Morgan fingerprint density at radius 3 is 2.48 bits per heavy atom. The fraction of sp³-hybridized carbons (Fsp3) is 0.333. The zero-order valence-electron chi connectivity index (χ0n) is 18.7. The first-order valence-electron chi connectivity index (χ1n) is 11.5. The van der Waals surface area contributed by atoms with Crippen molar-refractivity contribution < 1.29 is 14.3 Å². The SMILES string of the molecule is COc1ccc(N2C(=O)CCC(C(=O)N3CCCC3c3cccs3)C2c2ccccc2)cc1. The van der Waals surface area contributed by atoms with Crippen LogP contribution < -0.4 is 9.64 Å². The van der Waals surface area contributed by atoms with Crippen molar-refractivity contribution in [2.45, 2.75) is 37.8 Å². The van der Waals surface area contributed by atoms with E-state index in [0.29, 0.717) is 12.8 Å². The highest BCUT2D eigenvalue weighted by Crippen LogP contribution is 2.44. The molecule has 3 atom stereocenters. The van der Waals surface area contributed by atoms with Gasteiger partial charge in [0.05, 0.1) is 25.1 Å². The van der Waals surface area contributed by atoms with E-state index in [1.165, 1.54) is 4.88 Å². The van der Waals surface area contributed by atoms with Crippen LogP contribution in [0.4, 0.5) is 5.69 Å². The maximum absolute atomic E-state index is 14.0. The molecule has 0 N–H and O–H groups in total. The molecule has 3 heterocycles. The molecular weight excluding hydrogens is 432 g/mol. The molecule has 2 fully saturated rings. The van der Waals surface area contributed by atoms with Crippen molar-refractivity contribution in [2.75, 3.05) is 18.6 Å². The van der Waals surface area contributed by atoms with Gasteiger partial charge in [-0.05, 0) is 60.5 Å². The number of anilines is 1. The average Bonchev–Trinajstić information content (AvgIpc) is 3.56. The monoisotopic (exact) mass is 460 g/mol. The summed E-state index contributed by atoms with van der Waals surface area (Å²) in [6.07, 6.45) is 2.94. The number of benzene rings is 2. The van der Waals surface area contributed by atoms with Gasteiger partial charge in [0.25, 0.3) is 0 Å². The summed E-state index contributed by atoms with van der Waals surface area (Å²) in [6, 6.07) is 21.5. The van der Waals surface area contributed by atoms with Crippen LogP contribution in [-0.2, 0) is 9.59 Å². The highest BCUT2D eigenvalue weighted by molar-refractivity contribution is 7.10. The number of amides is 2. The van der Waals surface area contributed by atoms with Gasteiger partial charge >= 0.3 is 0 Å². The number of rotatable bonds is 5. The number of likely N-dealkylation sites (tertiary alicyclic amines) is 1. The number of ether oxygens (including phenoxy) is 1. The number of carbonyl (C=O) groups is 2. The van der Waals surface area contributed by atoms with E-state index in [1.807, 2.05) is 59.5 Å². The van der Waals surface area contributed by atoms with Crippen LogP contribution in [0.2, 0.25) is 0 Å². The minimum Gasteiger partial charge on any atom is -0.497 e. The van der Waals surface area contributed by atoms with Gasteiger partial charge in [0.15, 0.2) is 0 Å². The summed E-state index contributed by atoms with van der Waals surface area (Å²) in [5, 5.41) is 2.08. The number of hydrogen-bond acceptors (Lipinski definition) is 4. The van der Waals surface area contributed by atoms with Gasteiger partial charge in [0.1, 0.15) is 5.75 Å². The summed E-state index contributed by atoms with van der Waals surface area (Å²) in [5.74, 6) is 0.663. The first-order chi connectivity index (χ1) is 16.2. The number of methoxy groups -OCH3 is 1. The predicted molar refractivity (Wildman–Crippen MR) is 130 cm³/mol. The van der Waals surface area contributed by atoms with Gasteiger partial charge in [0, 0.05) is 23.5 Å². The third kappa shape index (κ3) is 4.15. The number of nitrogens with zero attached hydrogens (tertiary/aromatic N) is 2. The molecule has 2 amide bonds. The normalized spacial score (nSPS) is 23.1. The van der Waals surface area contributed by atoms with Crippen LogP contribution in [0, 0.1) is 5.92 Å². The van der Waals surface area contributed by atoms with Crippen molar-refractivity contribution in [1.82, 2.24) is 4.90 Å². The van der Waals surface area contributed by atoms with Crippen molar-refractivity contribution in [1.29, 1.82) is 0 Å². The Morgan fingerprint density at radius 1 is 1.00 bits per heavy atom. The molecule has 3 aromatic rings. The molecule has 0 bridgehead atoms. The van der Waals surface area contributed by atoms with Gasteiger partial charge in [-0.15, -0.1) is 11.3 Å². The fourth-order valence-electron chi connectivity index (χ4n) is 5.25. The lowest BCUT2D eigenvalue weighted by Crippen LogP contribution is -2.49. The Kier molecular flexibility index (Phi) is 6.18. The van der Waals surface area contributed by atoms with Crippen LogP contribution in [-0.4, -0.2) is 30.4 Å². The van der Waals surface area contributed by atoms with E-state index in [1.54, 1.807) is 18.4 Å². The number of thiophene rings is 1. The minimum absolute atomic E-state index is 0.0503. The molecule has 5 rings (SSSR count). The van der Waals surface area contributed by atoms with Crippen LogP contribution in [0.15, 0.2) is 72.1 Å². The standard InChI is InChI=1S/C27H28N2O3S/c1-32-21-13-11-20(12-14-21)29-25(30)16-15-22(26(29)19-7-3-2-4-8-19)27(31)28-17-5-9-23(28)24-10-6-18-33-24/h2-4,6-8,10-14,18,22-23,26H,5,9,15-17H2,1H3. The van der Waals surface area contributed by atoms with Gasteiger partial charge in [-0.25, -0.2) is 0 Å². The van der Waals surface area contributed by atoms with Gasteiger partial charge < -0.3 is 14.5 Å². The molecule has 2 aliphatic rings. The summed E-state index contributed by atoms with van der Waals surface area (Å²) in [7, 11) is 1.63. The maximum Gasteiger partial charge on any atom is 0.228 e. The molecular formula is C27H28N2O3S. The number of hydrogen-bond donors (Lipinski definition) is 0. The predicted octanol–water partition coefficient (Wildman–Crippen LogP) is 5.60. The Hall–Kier alpha value is -3.12. The Balaban J connectivity index is 1.53. The third-order valence-electron chi connectivity index (χ3n) is 6.81. The van der Waals surface area contributed by atoms with E-state index in [-0.39, 0.29) is 29.8 Å². The highest BCUT2D eigenvalue weighted by Gasteiger charge is 2.45. The molecule has 33 heavy (non-hydrogen) atoms. The van der Waals surface area contributed by atoms with Gasteiger partial charge in [-0.1, -0.05) is 36.4 Å². The van der Waals surface area contributed by atoms with E-state index < -0.39 is 0 Å². The zero-order chi connectivity index (χ0) is 22.8.